The molecule has 2 aliphatic heterocycles. The van der Waals surface area contributed by atoms with Crippen LogP contribution in [0.15, 0.2) is 36.4 Å². The van der Waals surface area contributed by atoms with Gasteiger partial charge in [-0.15, -0.1) is 5.10 Å². The quantitative estimate of drug-likeness (QED) is 0.767. The zero-order valence-electron chi connectivity index (χ0n) is 16.6. The monoisotopic (exact) mass is 396 g/mol. The zero-order valence-corrected chi connectivity index (χ0v) is 16.6. The first kappa shape index (κ1) is 19.2. The van der Waals surface area contributed by atoms with Crippen LogP contribution in [0.4, 0.5) is 5.69 Å². The van der Waals surface area contributed by atoms with E-state index < -0.39 is 0 Å². The fourth-order valence-electron chi connectivity index (χ4n) is 3.79. The first-order valence-corrected chi connectivity index (χ1v) is 9.73. The maximum absolute atomic E-state index is 13.0. The number of carbonyl (C=O) groups excluding carboxylic acids is 2. The van der Waals surface area contributed by atoms with Gasteiger partial charge < -0.3 is 19.3 Å². The second kappa shape index (κ2) is 8.06. The lowest BCUT2D eigenvalue weighted by Crippen LogP contribution is -2.37. The fraction of sp³-hybridized carbons (Fsp3) is 0.429. The van der Waals surface area contributed by atoms with Crippen LogP contribution in [-0.4, -0.2) is 59.8 Å². The molecule has 0 N–H and O–H groups in total. The summed E-state index contributed by atoms with van der Waals surface area (Å²) in [6.07, 6.45) is 0.867. The fourth-order valence-corrected chi connectivity index (χ4v) is 3.79. The van der Waals surface area contributed by atoms with Crippen molar-refractivity contribution in [1.82, 2.24) is 15.1 Å². The van der Waals surface area contributed by atoms with Crippen molar-refractivity contribution in [1.29, 1.82) is 0 Å². The number of likely N-dealkylation sites (tertiary alicyclic amines) is 1. The highest BCUT2D eigenvalue weighted by atomic mass is 16.5. The van der Waals surface area contributed by atoms with Crippen molar-refractivity contribution >= 4 is 17.5 Å². The smallest absolute Gasteiger partial charge is 0.233 e. The third-order valence-electron chi connectivity index (χ3n) is 5.38. The molecule has 2 aliphatic rings. The number of aromatic nitrogens is 2. The van der Waals surface area contributed by atoms with E-state index in [1.165, 1.54) is 0 Å². The zero-order chi connectivity index (χ0) is 20.4. The van der Waals surface area contributed by atoms with E-state index in [1.54, 1.807) is 23.0 Å². The van der Waals surface area contributed by atoms with Gasteiger partial charge in [0.1, 0.15) is 11.9 Å². The Labute approximate surface area is 169 Å². The molecule has 1 aromatic carbocycles. The molecule has 1 aromatic heterocycles. The number of benzene rings is 1. The molecular formula is C21H24N4O4. The Morgan fingerprint density at radius 1 is 1.10 bits per heavy atom. The number of amides is 2. The predicted octanol–water partition coefficient (Wildman–Crippen LogP) is 1.83. The predicted molar refractivity (Wildman–Crippen MR) is 106 cm³/mol. The minimum atomic E-state index is -0.331. The number of ether oxygens (including phenoxy) is 2. The molecule has 0 spiro atoms. The summed E-state index contributed by atoms with van der Waals surface area (Å²) in [5, 5.41) is 8.01. The van der Waals surface area contributed by atoms with Gasteiger partial charge in [-0.2, -0.15) is 5.10 Å². The normalized spacial score (nSPS) is 21.5. The third-order valence-corrected chi connectivity index (χ3v) is 5.38. The summed E-state index contributed by atoms with van der Waals surface area (Å²) >= 11 is 0. The van der Waals surface area contributed by atoms with E-state index in [2.05, 4.69) is 10.2 Å². The van der Waals surface area contributed by atoms with E-state index in [9.17, 15) is 9.59 Å². The molecule has 3 heterocycles. The molecule has 29 heavy (non-hydrogen) atoms. The van der Waals surface area contributed by atoms with Gasteiger partial charge in [0.25, 0.3) is 0 Å². The molecular weight excluding hydrogens is 372 g/mol. The topological polar surface area (TPSA) is 84.9 Å². The van der Waals surface area contributed by atoms with Crippen LogP contribution in [0, 0.1) is 12.8 Å². The van der Waals surface area contributed by atoms with Crippen LogP contribution in [-0.2, 0) is 9.59 Å². The van der Waals surface area contributed by atoms with Crippen molar-refractivity contribution in [3.63, 3.8) is 0 Å². The summed E-state index contributed by atoms with van der Waals surface area (Å²) in [5.74, 6) is 0.847. The van der Waals surface area contributed by atoms with Gasteiger partial charge in [-0.25, -0.2) is 0 Å². The van der Waals surface area contributed by atoms with Crippen molar-refractivity contribution in [2.45, 2.75) is 25.9 Å². The van der Waals surface area contributed by atoms with Crippen LogP contribution < -0.4 is 14.4 Å². The number of aryl methyl sites for hydroxylation is 1. The molecule has 2 aromatic rings. The molecule has 152 valence electrons. The van der Waals surface area contributed by atoms with Gasteiger partial charge in [0.05, 0.1) is 25.3 Å². The van der Waals surface area contributed by atoms with Crippen molar-refractivity contribution in [3.8, 4) is 11.6 Å². The lowest BCUT2D eigenvalue weighted by molar-refractivity contribution is -0.135. The number of anilines is 1. The molecule has 0 aliphatic carbocycles. The Morgan fingerprint density at radius 2 is 1.90 bits per heavy atom. The van der Waals surface area contributed by atoms with Crippen molar-refractivity contribution < 1.29 is 19.1 Å². The van der Waals surface area contributed by atoms with Crippen LogP contribution in [0.25, 0.3) is 0 Å². The van der Waals surface area contributed by atoms with Gasteiger partial charge in [0, 0.05) is 37.7 Å². The summed E-state index contributed by atoms with van der Waals surface area (Å²) in [4.78, 5) is 28.9. The number of hydrogen-bond acceptors (Lipinski definition) is 6. The van der Waals surface area contributed by atoms with E-state index in [1.807, 2.05) is 37.3 Å². The molecule has 2 amide bonds. The molecule has 0 radical (unpaired) electrons. The SMILES string of the molecule is COc1ccc(N2CC(C(=O)N3CCC(Oc4ccc(C)nn4)C3)CC2=O)cc1. The standard InChI is InChI=1S/C21H24N4O4/c1-14-3-8-19(23-22-14)29-18-9-10-24(13-18)21(27)15-11-20(26)25(12-15)16-4-6-17(28-2)7-5-16/h3-8,15,18H,9-13H2,1-2H3. The number of nitrogens with zero attached hydrogens (tertiary/aromatic N) is 4. The summed E-state index contributed by atoms with van der Waals surface area (Å²) in [6.45, 7) is 3.39. The van der Waals surface area contributed by atoms with Gasteiger partial charge in [-0.1, -0.05) is 0 Å². The van der Waals surface area contributed by atoms with Gasteiger partial charge in [0.15, 0.2) is 0 Å². The lowest BCUT2D eigenvalue weighted by atomic mass is 10.1. The van der Waals surface area contributed by atoms with E-state index >= 15 is 0 Å². The van der Waals surface area contributed by atoms with Gasteiger partial charge in [-0.3, -0.25) is 9.59 Å². The first-order chi connectivity index (χ1) is 14.0. The van der Waals surface area contributed by atoms with Gasteiger partial charge in [0.2, 0.25) is 17.7 Å². The first-order valence-electron chi connectivity index (χ1n) is 9.73. The minimum absolute atomic E-state index is 0.00968. The molecule has 8 nitrogen and oxygen atoms in total. The average molecular weight is 396 g/mol. The molecule has 0 bridgehead atoms. The van der Waals surface area contributed by atoms with Gasteiger partial charge in [-0.05, 0) is 37.3 Å². The van der Waals surface area contributed by atoms with Crippen LogP contribution in [0.2, 0.25) is 0 Å². The number of methoxy groups -OCH3 is 1. The van der Waals surface area contributed by atoms with Crippen LogP contribution in [0.3, 0.4) is 0 Å². The third kappa shape index (κ3) is 4.16. The van der Waals surface area contributed by atoms with Crippen LogP contribution in [0.1, 0.15) is 18.5 Å². The maximum atomic E-state index is 13.0. The largest absolute Gasteiger partial charge is 0.497 e. The number of hydrogen-bond donors (Lipinski definition) is 0. The summed E-state index contributed by atoms with van der Waals surface area (Å²) in [7, 11) is 1.60. The van der Waals surface area contributed by atoms with Crippen molar-refractivity contribution in [2.24, 2.45) is 5.92 Å². The summed E-state index contributed by atoms with van der Waals surface area (Å²) in [6, 6.07) is 10.9. The molecule has 2 saturated heterocycles. The Balaban J connectivity index is 1.35. The molecule has 2 atom stereocenters. The second-order valence-electron chi connectivity index (χ2n) is 7.43. The molecule has 0 saturated carbocycles. The van der Waals surface area contributed by atoms with Crippen LogP contribution in [0.5, 0.6) is 11.6 Å². The highest BCUT2D eigenvalue weighted by Crippen LogP contribution is 2.29. The molecule has 4 rings (SSSR count). The van der Waals surface area contributed by atoms with E-state index in [0.29, 0.717) is 25.5 Å². The van der Waals surface area contributed by atoms with Crippen LogP contribution >= 0.6 is 0 Å². The Bertz CT molecular complexity index is 885. The maximum Gasteiger partial charge on any atom is 0.233 e. The number of carbonyl (C=O) groups is 2. The minimum Gasteiger partial charge on any atom is -0.497 e. The van der Waals surface area contributed by atoms with E-state index in [4.69, 9.17) is 9.47 Å². The molecule has 2 unspecified atom stereocenters. The van der Waals surface area contributed by atoms with Crippen molar-refractivity contribution in [3.05, 3.63) is 42.1 Å². The Hall–Kier alpha value is -3.16. The second-order valence-corrected chi connectivity index (χ2v) is 7.43. The lowest BCUT2D eigenvalue weighted by Gasteiger charge is -2.21. The molecule has 2 fully saturated rings. The highest BCUT2D eigenvalue weighted by molar-refractivity contribution is 6.00. The van der Waals surface area contributed by atoms with E-state index in [-0.39, 0.29) is 30.3 Å². The van der Waals surface area contributed by atoms with Gasteiger partial charge >= 0.3 is 0 Å². The Morgan fingerprint density at radius 3 is 2.59 bits per heavy atom. The molecule has 8 heteroatoms. The highest BCUT2D eigenvalue weighted by Gasteiger charge is 2.39. The van der Waals surface area contributed by atoms with Crippen molar-refractivity contribution in [2.75, 3.05) is 31.6 Å². The summed E-state index contributed by atoms with van der Waals surface area (Å²) < 4.78 is 11.0. The average Bonchev–Trinajstić information content (AvgIpc) is 3.36. The summed E-state index contributed by atoms with van der Waals surface area (Å²) in [5.41, 5.74) is 1.61. The number of rotatable bonds is 5. The Kier molecular flexibility index (Phi) is 5.33. The van der Waals surface area contributed by atoms with E-state index in [0.717, 1.165) is 23.6 Å².